The average molecular weight is 499 g/mol. The number of nitrogens with zero attached hydrogens (tertiary/aromatic N) is 1. The molecule has 1 unspecified atom stereocenters. The maximum atomic E-state index is 13.5. The number of para-hydroxylation sites is 1. The lowest BCUT2D eigenvalue weighted by molar-refractivity contribution is -0.132. The smallest absolute Gasteiger partial charge is 0.300 e. The van der Waals surface area contributed by atoms with Crippen LogP contribution in [0.1, 0.15) is 24.1 Å². The Morgan fingerprint density at radius 1 is 0.973 bits per heavy atom. The number of hydrogen-bond acceptors (Lipinski definition) is 6. The van der Waals surface area contributed by atoms with Gasteiger partial charge < -0.3 is 24.3 Å². The van der Waals surface area contributed by atoms with Gasteiger partial charge in [0.1, 0.15) is 23.0 Å². The number of nitrogens with one attached hydrogen (secondary N) is 1. The van der Waals surface area contributed by atoms with Crippen molar-refractivity contribution in [3.63, 3.8) is 0 Å². The number of benzene rings is 3. The number of aliphatic hydroxyl groups excluding tert-OH is 1. The lowest BCUT2D eigenvalue weighted by Crippen LogP contribution is -2.29. The summed E-state index contributed by atoms with van der Waals surface area (Å²) in [4.78, 5) is 31.7. The molecule has 0 aliphatic carbocycles. The lowest BCUT2D eigenvalue weighted by Gasteiger charge is -2.25. The summed E-state index contributed by atoms with van der Waals surface area (Å²) in [6.45, 7) is 2.39. The van der Waals surface area contributed by atoms with E-state index in [4.69, 9.17) is 14.2 Å². The molecule has 8 heteroatoms. The van der Waals surface area contributed by atoms with Crippen molar-refractivity contribution in [2.75, 3.05) is 25.7 Å². The van der Waals surface area contributed by atoms with Crippen molar-refractivity contribution in [1.82, 2.24) is 4.98 Å². The first-order valence-electron chi connectivity index (χ1n) is 11.8. The second-order valence-electron chi connectivity index (χ2n) is 8.45. The standard InChI is InChI=1S/C29H26N2O6/c1-4-37-18-11-9-17(10-12-18)31-26(22-16-30-23-8-6-5-7-20(22)23)25(28(33)29(31)34)27(32)21-14-13-19(35-2)15-24(21)36-3/h5-16,26,30,32H,4H2,1-3H3/b27-25+. The number of carbonyl (C=O) groups excluding carboxylic acids is 2. The monoisotopic (exact) mass is 498 g/mol. The fourth-order valence-corrected chi connectivity index (χ4v) is 4.72. The molecule has 0 radical (unpaired) electrons. The molecule has 0 saturated carbocycles. The minimum Gasteiger partial charge on any atom is -0.507 e. The maximum absolute atomic E-state index is 13.5. The summed E-state index contributed by atoms with van der Waals surface area (Å²) in [6, 6.07) is 18.5. The summed E-state index contributed by atoms with van der Waals surface area (Å²) >= 11 is 0. The van der Waals surface area contributed by atoms with Crippen LogP contribution in [0.15, 0.2) is 78.5 Å². The first-order valence-corrected chi connectivity index (χ1v) is 11.8. The van der Waals surface area contributed by atoms with Gasteiger partial charge >= 0.3 is 0 Å². The van der Waals surface area contributed by atoms with Crippen molar-refractivity contribution in [2.45, 2.75) is 13.0 Å². The van der Waals surface area contributed by atoms with Gasteiger partial charge in [-0.2, -0.15) is 0 Å². The maximum Gasteiger partial charge on any atom is 0.300 e. The molecule has 0 spiro atoms. The third kappa shape index (κ3) is 4.06. The number of Topliss-reactive ketones (excluding diaryl/α,β-unsaturated/α-hetero) is 1. The van der Waals surface area contributed by atoms with E-state index in [0.717, 1.165) is 10.9 Å². The largest absolute Gasteiger partial charge is 0.507 e. The highest BCUT2D eigenvalue weighted by Gasteiger charge is 2.48. The Bertz CT molecular complexity index is 1520. The minimum absolute atomic E-state index is 0.0351. The number of anilines is 1. The van der Waals surface area contributed by atoms with Crippen LogP contribution in [0, 0.1) is 0 Å². The summed E-state index contributed by atoms with van der Waals surface area (Å²) in [5.41, 5.74) is 2.26. The van der Waals surface area contributed by atoms with Crippen molar-refractivity contribution in [1.29, 1.82) is 0 Å². The molecule has 8 nitrogen and oxygen atoms in total. The summed E-state index contributed by atoms with van der Waals surface area (Å²) in [7, 11) is 2.98. The fourth-order valence-electron chi connectivity index (χ4n) is 4.72. The van der Waals surface area contributed by atoms with Crippen LogP contribution < -0.4 is 19.1 Å². The summed E-state index contributed by atoms with van der Waals surface area (Å²) in [5.74, 6) is -0.387. The predicted octanol–water partition coefficient (Wildman–Crippen LogP) is 5.21. The Kier molecular flexibility index (Phi) is 6.31. The predicted molar refractivity (Wildman–Crippen MR) is 140 cm³/mol. The number of hydrogen-bond donors (Lipinski definition) is 2. The Morgan fingerprint density at radius 3 is 2.41 bits per heavy atom. The van der Waals surface area contributed by atoms with Crippen molar-refractivity contribution >= 4 is 34.0 Å². The van der Waals surface area contributed by atoms with Crippen LogP contribution in [0.25, 0.3) is 16.7 Å². The molecule has 4 aromatic rings. The molecule has 5 rings (SSSR count). The van der Waals surface area contributed by atoms with Crippen molar-refractivity contribution in [3.8, 4) is 17.2 Å². The van der Waals surface area contributed by atoms with Crippen LogP contribution in [-0.2, 0) is 9.59 Å². The van der Waals surface area contributed by atoms with E-state index in [0.29, 0.717) is 35.1 Å². The highest BCUT2D eigenvalue weighted by molar-refractivity contribution is 6.52. The molecule has 37 heavy (non-hydrogen) atoms. The van der Waals surface area contributed by atoms with Gasteiger partial charge in [-0.1, -0.05) is 18.2 Å². The number of ether oxygens (including phenoxy) is 3. The van der Waals surface area contributed by atoms with Gasteiger partial charge in [-0.05, 0) is 49.4 Å². The van der Waals surface area contributed by atoms with E-state index in [1.807, 2.05) is 31.2 Å². The number of aromatic nitrogens is 1. The molecule has 2 N–H and O–H groups in total. The van der Waals surface area contributed by atoms with Crippen molar-refractivity contribution < 1.29 is 28.9 Å². The second-order valence-corrected chi connectivity index (χ2v) is 8.45. The van der Waals surface area contributed by atoms with Crippen LogP contribution in [0.2, 0.25) is 0 Å². The number of carbonyl (C=O) groups is 2. The van der Waals surface area contributed by atoms with E-state index in [1.54, 1.807) is 48.7 Å². The number of fused-ring (bicyclic) bond motifs is 1. The van der Waals surface area contributed by atoms with Crippen LogP contribution in [-0.4, -0.2) is 42.6 Å². The number of amides is 1. The Balaban J connectivity index is 1.74. The molecule has 1 aliphatic heterocycles. The molecule has 1 fully saturated rings. The van der Waals surface area contributed by atoms with Crippen LogP contribution in [0.3, 0.4) is 0 Å². The van der Waals surface area contributed by atoms with E-state index >= 15 is 0 Å². The molecule has 1 saturated heterocycles. The van der Waals surface area contributed by atoms with Gasteiger partial charge in [-0.3, -0.25) is 14.5 Å². The van der Waals surface area contributed by atoms with Gasteiger partial charge in [0.15, 0.2) is 0 Å². The third-order valence-electron chi connectivity index (χ3n) is 6.45. The first-order chi connectivity index (χ1) is 18.0. The molecule has 1 aliphatic rings. The Labute approximate surface area is 213 Å². The number of ketones is 1. The quantitative estimate of drug-likeness (QED) is 0.206. The molecular formula is C29H26N2O6. The molecule has 1 amide bonds. The van der Waals surface area contributed by atoms with E-state index in [2.05, 4.69) is 4.98 Å². The Hall–Kier alpha value is -4.72. The SMILES string of the molecule is CCOc1ccc(N2C(=O)C(=O)/C(=C(/O)c3ccc(OC)cc3OC)C2c2c[nH]c3ccccc23)cc1. The first kappa shape index (κ1) is 24.0. The lowest BCUT2D eigenvalue weighted by atomic mass is 9.94. The van der Waals surface area contributed by atoms with E-state index in [-0.39, 0.29) is 16.9 Å². The van der Waals surface area contributed by atoms with E-state index in [1.165, 1.54) is 19.1 Å². The molecule has 1 aromatic heterocycles. The zero-order valence-electron chi connectivity index (χ0n) is 20.6. The normalized spacial score (nSPS) is 16.8. The molecule has 188 valence electrons. The number of aliphatic hydroxyl groups is 1. The number of aromatic amines is 1. The van der Waals surface area contributed by atoms with Crippen LogP contribution >= 0.6 is 0 Å². The highest BCUT2D eigenvalue weighted by atomic mass is 16.5. The summed E-state index contributed by atoms with van der Waals surface area (Å²) in [6.07, 6.45) is 1.77. The van der Waals surface area contributed by atoms with Gasteiger partial charge in [0.05, 0.1) is 38.0 Å². The van der Waals surface area contributed by atoms with Crippen LogP contribution in [0.5, 0.6) is 17.2 Å². The van der Waals surface area contributed by atoms with E-state index < -0.39 is 17.7 Å². The van der Waals surface area contributed by atoms with Crippen molar-refractivity contribution in [2.24, 2.45) is 0 Å². The zero-order chi connectivity index (χ0) is 26.1. The molecule has 0 bridgehead atoms. The van der Waals surface area contributed by atoms with Gasteiger partial charge in [0.25, 0.3) is 11.7 Å². The summed E-state index contributed by atoms with van der Waals surface area (Å²) in [5, 5.41) is 12.4. The second kappa shape index (κ2) is 9.73. The highest BCUT2D eigenvalue weighted by Crippen LogP contribution is 2.45. The topological polar surface area (TPSA) is 101 Å². The van der Waals surface area contributed by atoms with Crippen LogP contribution in [0.4, 0.5) is 5.69 Å². The summed E-state index contributed by atoms with van der Waals surface area (Å²) < 4.78 is 16.3. The Morgan fingerprint density at radius 2 is 1.70 bits per heavy atom. The molecule has 1 atom stereocenters. The number of rotatable bonds is 7. The van der Waals surface area contributed by atoms with Gasteiger partial charge in [-0.15, -0.1) is 0 Å². The number of methoxy groups -OCH3 is 2. The molecule has 3 aromatic carbocycles. The average Bonchev–Trinajstić information content (AvgIpc) is 3.47. The minimum atomic E-state index is -0.888. The van der Waals surface area contributed by atoms with Gasteiger partial charge in [0.2, 0.25) is 0 Å². The zero-order valence-corrected chi connectivity index (χ0v) is 20.6. The number of H-pyrrole nitrogens is 1. The molecular weight excluding hydrogens is 472 g/mol. The van der Waals surface area contributed by atoms with Gasteiger partial charge in [0, 0.05) is 34.4 Å². The fraction of sp³-hybridized carbons (Fsp3) is 0.172. The third-order valence-corrected chi connectivity index (χ3v) is 6.45. The van der Waals surface area contributed by atoms with E-state index in [9.17, 15) is 14.7 Å². The molecule has 2 heterocycles. The van der Waals surface area contributed by atoms with Crippen molar-refractivity contribution in [3.05, 3.63) is 89.6 Å². The van der Waals surface area contributed by atoms with Gasteiger partial charge in [-0.25, -0.2) is 0 Å².